The molecule has 2 aromatic rings. The maximum atomic E-state index is 12.8. The number of likely N-dealkylation sites (tertiary alicyclic amines) is 1. The number of aromatic nitrogens is 2. The Morgan fingerprint density at radius 1 is 1.29 bits per heavy atom. The van der Waals surface area contributed by atoms with Gasteiger partial charge in [-0.05, 0) is 37.5 Å². The van der Waals surface area contributed by atoms with E-state index in [0.29, 0.717) is 37.0 Å². The van der Waals surface area contributed by atoms with Gasteiger partial charge in [0.25, 0.3) is 11.8 Å². The van der Waals surface area contributed by atoms with E-state index in [-0.39, 0.29) is 27.7 Å². The highest BCUT2D eigenvalue weighted by Gasteiger charge is 2.30. The minimum absolute atomic E-state index is 0.0625. The number of anilines is 1. The summed E-state index contributed by atoms with van der Waals surface area (Å²) in [5.74, 6) is -1.12. The van der Waals surface area contributed by atoms with Crippen LogP contribution in [-0.4, -0.2) is 66.2 Å². The van der Waals surface area contributed by atoms with Crippen LogP contribution in [0.5, 0.6) is 0 Å². The molecule has 2 heterocycles. The van der Waals surface area contributed by atoms with E-state index in [2.05, 4.69) is 20.8 Å². The summed E-state index contributed by atoms with van der Waals surface area (Å²) in [6, 6.07) is 6.73. The van der Waals surface area contributed by atoms with Crippen LogP contribution in [0.25, 0.3) is 0 Å². The topological polar surface area (TPSA) is 114 Å². The minimum atomic E-state index is -0.467. The van der Waals surface area contributed by atoms with Crippen LogP contribution in [0.4, 0.5) is 5.69 Å². The SMILES string of the molecule is COCCCNC(=O)C1CCCN(C(=O)c2nnc(C(=O)Nc3cccc(Cl)c3)s2)C1. The second-order valence-electron chi connectivity index (χ2n) is 7.10. The van der Waals surface area contributed by atoms with Gasteiger partial charge in [0.15, 0.2) is 0 Å². The maximum absolute atomic E-state index is 12.8. The Bertz CT molecular complexity index is 938. The molecule has 0 saturated carbocycles. The first-order valence-corrected chi connectivity index (χ1v) is 11.1. The van der Waals surface area contributed by atoms with Gasteiger partial charge in [0.1, 0.15) is 0 Å². The largest absolute Gasteiger partial charge is 0.385 e. The number of nitrogens with one attached hydrogen (secondary N) is 2. The number of rotatable bonds is 8. The third kappa shape index (κ3) is 6.46. The number of ether oxygens (including phenoxy) is 1. The second-order valence-corrected chi connectivity index (χ2v) is 8.52. The van der Waals surface area contributed by atoms with Gasteiger partial charge in [-0.1, -0.05) is 29.0 Å². The number of halogens is 1. The molecule has 1 unspecified atom stereocenters. The average molecular weight is 466 g/mol. The molecular weight excluding hydrogens is 442 g/mol. The van der Waals surface area contributed by atoms with Crippen LogP contribution in [0, 0.1) is 5.92 Å². The van der Waals surface area contributed by atoms with E-state index in [0.717, 1.165) is 30.6 Å². The van der Waals surface area contributed by atoms with E-state index in [1.807, 2.05) is 0 Å². The first-order chi connectivity index (χ1) is 15.0. The van der Waals surface area contributed by atoms with Crippen molar-refractivity contribution in [3.8, 4) is 0 Å². The lowest BCUT2D eigenvalue weighted by molar-refractivity contribution is -0.126. The van der Waals surface area contributed by atoms with Crippen molar-refractivity contribution in [3.63, 3.8) is 0 Å². The van der Waals surface area contributed by atoms with Crippen molar-refractivity contribution in [2.45, 2.75) is 19.3 Å². The molecular formula is C20H24ClN5O4S. The predicted octanol–water partition coefficient (Wildman–Crippen LogP) is 2.45. The third-order valence-corrected chi connectivity index (χ3v) is 5.93. The number of hydrogen-bond acceptors (Lipinski definition) is 7. The Morgan fingerprint density at radius 3 is 2.87 bits per heavy atom. The van der Waals surface area contributed by atoms with Gasteiger partial charge in [-0.15, -0.1) is 10.2 Å². The van der Waals surface area contributed by atoms with Gasteiger partial charge in [-0.3, -0.25) is 14.4 Å². The highest BCUT2D eigenvalue weighted by atomic mass is 35.5. The quantitative estimate of drug-likeness (QED) is 0.579. The van der Waals surface area contributed by atoms with E-state index in [1.54, 1.807) is 36.3 Å². The fourth-order valence-corrected chi connectivity index (χ4v) is 4.13. The van der Waals surface area contributed by atoms with Crippen molar-refractivity contribution in [1.82, 2.24) is 20.4 Å². The molecule has 3 rings (SSSR count). The molecule has 1 saturated heterocycles. The fourth-order valence-electron chi connectivity index (χ4n) is 3.24. The molecule has 1 atom stereocenters. The summed E-state index contributed by atoms with van der Waals surface area (Å²) in [7, 11) is 1.62. The zero-order chi connectivity index (χ0) is 22.2. The van der Waals surface area contributed by atoms with Crippen molar-refractivity contribution in [2.75, 3.05) is 38.7 Å². The standard InChI is InChI=1S/C20H24ClN5O4S/c1-30-10-4-8-22-16(27)13-5-3-9-26(12-13)20(29)19-25-24-18(31-19)17(28)23-15-7-2-6-14(21)11-15/h2,6-7,11,13H,3-5,8-10,12H2,1H3,(H,22,27)(H,23,28). The van der Waals surface area contributed by atoms with Gasteiger partial charge < -0.3 is 20.3 Å². The average Bonchev–Trinajstić information content (AvgIpc) is 3.27. The maximum Gasteiger partial charge on any atom is 0.286 e. The van der Waals surface area contributed by atoms with Gasteiger partial charge in [0, 0.05) is 44.1 Å². The van der Waals surface area contributed by atoms with E-state index in [4.69, 9.17) is 16.3 Å². The Kier molecular flexibility index (Phi) is 8.33. The van der Waals surface area contributed by atoms with Crippen LogP contribution in [-0.2, 0) is 9.53 Å². The normalized spacial score (nSPS) is 16.1. The van der Waals surface area contributed by atoms with Crippen LogP contribution >= 0.6 is 22.9 Å². The number of amides is 3. The van der Waals surface area contributed by atoms with Crippen LogP contribution in [0.2, 0.25) is 5.02 Å². The number of benzene rings is 1. The van der Waals surface area contributed by atoms with Gasteiger partial charge in [-0.2, -0.15) is 0 Å². The summed E-state index contributed by atoms with van der Waals surface area (Å²) < 4.78 is 4.97. The third-order valence-electron chi connectivity index (χ3n) is 4.79. The summed E-state index contributed by atoms with van der Waals surface area (Å²) in [5, 5.41) is 14.0. The summed E-state index contributed by atoms with van der Waals surface area (Å²) in [6.07, 6.45) is 2.19. The van der Waals surface area contributed by atoms with Crippen molar-refractivity contribution >= 4 is 46.3 Å². The molecule has 1 fully saturated rings. The monoisotopic (exact) mass is 465 g/mol. The molecule has 9 nitrogen and oxygen atoms in total. The van der Waals surface area contributed by atoms with Crippen LogP contribution in [0.3, 0.4) is 0 Å². The Labute approximate surface area is 189 Å². The van der Waals surface area contributed by atoms with Gasteiger partial charge in [0.05, 0.1) is 5.92 Å². The number of nitrogens with zero attached hydrogens (tertiary/aromatic N) is 3. The number of carbonyl (C=O) groups excluding carboxylic acids is 3. The van der Waals surface area contributed by atoms with E-state index in [1.165, 1.54) is 0 Å². The van der Waals surface area contributed by atoms with Crippen molar-refractivity contribution in [2.24, 2.45) is 5.92 Å². The Balaban J connectivity index is 1.57. The van der Waals surface area contributed by atoms with Crippen LogP contribution in [0.15, 0.2) is 24.3 Å². The second kappa shape index (κ2) is 11.2. The molecule has 1 aromatic carbocycles. The van der Waals surface area contributed by atoms with E-state index < -0.39 is 5.91 Å². The molecule has 31 heavy (non-hydrogen) atoms. The van der Waals surface area contributed by atoms with Crippen molar-refractivity contribution in [3.05, 3.63) is 39.3 Å². The number of hydrogen-bond donors (Lipinski definition) is 2. The van der Waals surface area contributed by atoms with Gasteiger partial charge >= 0.3 is 0 Å². The Morgan fingerprint density at radius 2 is 2.10 bits per heavy atom. The molecule has 0 aliphatic carbocycles. The smallest absolute Gasteiger partial charge is 0.286 e. The summed E-state index contributed by atoms with van der Waals surface area (Å²) in [6.45, 7) is 1.98. The van der Waals surface area contributed by atoms with Crippen LogP contribution < -0.4 is 10.6 Å². The van der Waals surface area contributed by atoms with Crippen LogP contribution in [0.1, 0.15) is 38.9 Å². The van der Waals surface area contributed by atoms with Crippen molar-refractivity contribution in [1.29, 1.82) is 0 Å². The fraction of sp³-hybridized carbons (Fsp3) is 0.450. The van der Waals surface area contributed by atoms with E-state index in [9.17, 15) is 14.4 Å². The van der Waals surface area contributed by atoms with Gasteiger partial charge in [0.2, 0.25) is 15.9 Å². The molecule has 166 valence electrons. The summed E-state index contributed by atoms with van der Waals surface area (Å²) >= 11 is 6.84. The lowest BCUT2D eigenvalue weighted by Crippen LogP contribution is -2.45. The number of methoxy groups -OCH3 is 1. The highest BCUT2D eigenvalue weighted by Crippen LogP contribution is 2.21. The summed E-state index contributed by atoms with van der Waals surface area (Å²) in [4.78, 5) is 39.2. The predicted molar refractivity (Wildman–Crippen MR) is 117 cm³/mol. The molecule has 11 heteroatoms. The lowest BCUT2D eigenvalue weighted by atomic mass is 9.97. The highest BCUT2D eigenvalue weighted by molar-refractivity contribution is 7.15. The molecule has 0 radical (unpaired) electrons. The zero-order valence-corrected chi connectivity index (χ0v) is 18.7. The Hall–Kier alpha value is -2.56. The summed E-state index contributed by atoms with van der Waals surface area (Å²) in [5.41, 5.74) is 0.524. The first-order valence-electron chi connectivity index (χ1n) is 9.94. The van der Waals surface area contributed by atoms with Gasteiger partial charge in [-0.25, -0.2) is 0 Å². The molecule has 3 amide bonds. The first kappa shape index (κ1) is 23.1. The molecule has 1 aliphatic heterocycles. The zero-order valence-electron chi connectivity index (χ0n) is 17.1. The molecule has 1 aliphatic rings. The molecule has 1 aromatic heterocycles. The number of piperidine rings is 1. The molecule has 2 N–H and O–H groups in total. The minimum Gasteiger partial charge on any atom is -0.385 e. The molecule has 0 bridgehead atoms. The van der Waals surface area contributed by atoms with Crippen molar-refractivity contribution < 1.29 is 19.1 Å². The lowest BCUT2D eigenvalue weighted by Gasteiger charge is -2.31. The number of carbonyl (C=O) groups is 3. The van der Waals surface area contributed by atoms with E-state index >= 15 is 0 Å². The molecule has 0 spiro atoms.